The lowest BCUT2D eigenvalue weighted by atomic mass is 10.3. The number of rotatable bonds is 7. The van der Waals surface area contributed by atoms with E-state index in [9.17, 15) is 9.90 Å². The van der Waals surface area contributed by atoms with Gasteiger partial charge in [0.25, 0.3) is 0 Å². The molecule has 1 atom stereocenters. The maximum absolute atomic E-state index is 10.6. The zero-order valence-corrected chi connectivity index (χ0v) is 13.6. The average molecular weight is 301 g/mol. The van der Waals surface area contributed by atoms with E-state index in [1.54, 1.807) is 6.92 Å². The van der Waals surface area contributed by atoms with E-state index in [1.807, 2.05) is 0 Å². The van der Waals surface area contributed by atoms with Crippen LogP contribution < -0.4 is 5.11 Å². The first kappa shape index (κ1) is 19.7. The molecule has 0 aliphatic heterocycles. The van der Waals surface area contributed by atoms with Gasteiger partial charge in [0.2, 0.25) is 5.69 Å². The van der Waals surface area contributed by atoms with Gasteiger partial charge in [-0.1, -0.05) is 45.0 Å². The van der Waals surface area contributed by atoms with Gasteiger partial charge in [-0.2, -0.15) is 0 Å². The first-order chi connectivity index (χ1) is 7.90. The van der Waals surface area contributed by atoms with Crippen molar-refractivity contribution in [2.24, 2.45) is 0 Å². The molecule has 0 heterocycles. The van der Waals surface area contributed by atoms with E-state index in [2.05, 4.69) is 13.8 Å². The third-order valence-electron chi connectivity index (χ3n) is 1.84. The van der Waals surface area contributed by atoms with Crippen LogP contribution in [0, 0.1) is 0 Å². The second-order valence-corrected chi connectivity index (χ2v) is 9.75. The van der Waals surface area contributed by atoms with Gasteiger partial charge in [0.15, 0.2) is 0 Å². The van der Waals surface area contributed by atoms with E-state index < -0.39 is 16.9 Å². The molecule has 0 aliphatic carbocycles. The van der Waals surface area contributed by atoms with Crippen molar-refractivity contribution in [1.29, 1.82) is 0 Å². The smallest absolute Gasteiger partial charge is 0.247 e. The van der Waals surface area contributed by atoms with Gasteiger partial charge in [0, 0.05) is 14.2 Å². The highest BCUT2D eigenvalue weighted by Gasteiger charge is 2.22. The highest BCUT2D eigenvalue weighted by molar-refractivity contribution is 8.68. The normalized spacial score (nSPS) is 12.5. The zero-order chi connectivity index (χ0) is 13.9. The molecule has 0 spiro atoms. The zero-order valence-electron chi connectivity index (χ0n) is 11.1. The summed E-state index contributed by atoms with van der Waals surface area (Å²) in [7, 11) is 2.83. The van der Waals surface area contributed by atoms with Crippen LogP contribution in [-0.2, 0) is 25.6 Å². The molecule has 0 rings (SSSR count). The predicted molar refractivity (Wildman–Crippen MR) is 75.6 cm³/mol. The molecule has 0 amide bonds. The number of hydrogen-bond donors (Lipinski definition) is 0. The Morgan fingerprint density at radius 1 is 1.29 bits per heavy atom. The third-order valence-corrected chi connectivity index (χ3v) is 7.87. The van der Waals surface area contributed by atoms with Crippen LogP contribution in [0.4, 0.5) is 0 Å². The molecule has 0 aromatic rings. The van der Waals surface area contributed by atoms with Gasteiger partial charge in [-0.05, 0) is 18.2 Å². The van der Waals surface area contributed by atoms with Gasteiger partial charge in [-0.15, -0.1) is 0 Å². The number of unbranched alkanes of at least 4 members (excludes halogenated alkanes) is 1. The van der Waals surface area contributed by atoms with Gasteiger partial charge >= 0.3 is 0 Å². The molecule has 0 aromatic heterocycles. The quantitative estimate of drug-likeness (QED) is 0.674. The highest BCUT2D eigenvalue weighted by atomic mass is 32.9. The number of carboxylic acid groups (broad SMARTS) is 1. The minimum absolute atomic E-state index is 0.443. The van der Waals surface area contributed by atoms with Crippen molar-refractivity contribution in [1.82, 2.24) is 0 Å². The Hall–Kier alpha value is 0.390. The molecule has 0 N–H and O–H groups in total. The second kappa shape index (κ2) is 11.5. The number of carboxylic acids is 1. The Morgan fingerprint density at radius 2 is 1.71 bits per heavy atom. The van der Waals surface area contributed by atoms with Crippen LogP contribution >= 0.6 is 17.1 Å². The van der Waals surface area contributed by atoms with Crippen molar-refractivity contribution in [3.63, 3.8) is 0 Å². The molecule has 0 bridgehead atoms. The standard InChI is InChI=1S/C6H13O4PS2.C4H10/c1-4-5(6(7)8)13-11(12,9-2)10-3;1-3-4-2/h5H,4H2,1-3H3,(H,7,8);3-4H2,1-2H3/p-1. The van der Waals surface area contributed by atoms with E-state index in [0.717, 1.165) is 11.4 Å². The van der Waals surface area contributed by atoms with Crippen molar-refractivity contribution in [3.05, 3.63) is 0 Å². The summed E-state index contributed by atoms with van der Waals surface area (Å²) in [6.07, 6.45) is 3.08. The Balaban J connectivity index is 0. The summed E-state index contributed by atoms with van der Waals surface area (Å²) in [5.41, 5.74) is -2.48. The monoisotopic (exact) mass is 301 g/mol. The van der Waals surface area contributed by atoms with Crippen LogP contribution in [0.15, 0.2) is 0 Å². The molecule has 0 aromatic carbocycles. The minimum Gasteiger partial charge on any atom is -0.549 e. The third kappa shape index (κ3) is 10.0. The lowest BCUT2D eigenvalue weighted by Crippen LogP contribution is -2.32. The molecule has 4 nitrogen and oxygen atoms in total. The highest BCUT2D eigenvalue weighted by Crippen LogP contribution is 2.61. The van der Waals surface area contributed by atoms with Gasteiger partial charge < -0.3 is 18.9 Å². The van der Waals surface area contributed by atoms with Crippen LogP contribution in [0.25, 0.3) is 0 Å². The summed E-state index contributed by atoms with van der Waals surface area (Å²) in [5, 5.41) is 9.91. The van der Waals surface area contributed by atoms with E-state index in [1.165, 1.54) is 27.1 Å². The largest absolute Gasteiger partial charge is 0.549 e. The summed E-state index contributed by atoms with van der Waals surface area (Å²) in [6.45, 7) is 6.11. The summed E-state index contributed by atoms with van der Waals surface area (Å²) in [6, 6.07) is 0. The number of carbonyl (C=O) groups is 1. The molecule has 0 saturated heterocycles. The van der Waals surface area contributed by atoms with Crippen molar-refractivity contribution in [2.75, 3.05) is 14.2 Å². The minimum atomic E-state index is -2.48. The molecule has 0 aliphatic rings. The molecule has 0 saturated carbocycles. The number of aliphatic carboxylic acids is 1. The summed E-state index contributed by atoms with van der Waals surface area (Å²) < 4.78 is 9.89. The molecule has 0 radical (unpaired) electrons. The molecular weight excluding hydrogens is 279 g/mol. The summed E-state index contributed by atoms with van der Waals surface area (Å²) in [5.74, 6) is -1.13. The Labute approximate surface area is 113 Å². The van der Waals surface area contributed by atoms with Crippen LogP contribution in [0.3, 0.4) is 0 Å². The van der Waals surface area contributed by atoms with Crippen LogP contribution in [-0.4, -0.2) is 25.4 Å². The second-order valence-electron chi connectivity index (χ2n) is 3.13. The van der Waals surface area contributed by atoms with Crippen molar-refractivity contribution in [3.8, 4) is 0 Å². The fraction of sp³-hybridized carbons (Fsp3) is 0.900. The van der Waals surface area contributed by atoms with Crippen molar-refractivity contribution < 1.29 is 18.9 Å². The van der Waals surface area contributed by atoms with Crippen molar-refractivity contribution in [2.45, 2.75) is 45.3 Å². The first-order valence-corrected chi connectivity index (χ1v) is 9.63. The molecule has 7 heteroatoms. The van der Waals surface area contributed by atoms with Gasteiger partial charge in [-0.3, -0.25) is 0 Å². The van der Waals surface area contributed by atoms with E-state index in [-0.39, 0.29) is 0 Å². The van der Waals surface area contributed by atoms with Crippen LogP contribution in [0.2, 0.25) is 0 Å². The van der Waals surface area contributed by atoms with Gasteiger partial charge in [0.1, 0.15) is 0 Å². The van der Waals surface area contributed by atoms with Crippen LogP contribution in [0.5, 0.6) is 0 Å². The lowest BCUT2D eigenvalue weighted by Gasteiger charge is -2.22. The van der Waals surface area contributed by atoms with E-state index in [4.69, 9.17) is 20.9 Å². The molecular formula is C10H22O4PS2-. The molecule has 104 valence electrons. The first-order valence-electron chi connectivity index (χ1n) is 5.51. The average Bonchev–Trinajstić information content (AvgIpc) is 2.35. The maximum atomic E-state index is 10.6. The Kier molecular flexibility index (Phi) is 13.3. The molecule has 1 unspecified atom stereocenters. The molecule has 0 fully saturated rings. The topological polar surface area (TPSA) is 58.6 Å². The number of carbonyl (C=O) groups excluding carboxylic acids is 1. The van der Waals surface area contributed by atoms with Gasteiger partial charge in [0.05, 0.1) is 11.2 Å². The summed E-state index contributed by atoms with van der Waals surface area (Å²) in [4.78, 5) is 10.6. The van der Waals surface area contributed by atoms with Gasteiger partial charge in [-0.25, -0.2) is 0 Å². The Bertz CT molecular complexity index is 238. The predicted octanol–water partition coefficient (Wildman–Crippen LogP) is 2.57. The lowest BCUT2D eigenvalue weighted by molar-refractivity contribution is -0.304. The van der Waals surface area contributed by atoms with Crippen molar-refractivity contribution >= 4 is 34.9 Å². The maximum Gasteiger partial charge on any atom is 0.247 e. The van der Waals surface area contributed by atoms with E-state index >= 15 is 0 Å². The van der Waals surface area contributed by atoms with E-state index in [0.29, 0.717) is 6.42 Å². The van der Waals surface area contributed by atoms with Crippen LogP contribution in [0.1, 0.15) is 40.0 Å². The fourth-order valence-corrected chi connectivity index (χ4v) is 4.56. The molecule has 17 heavy (non-hydrogen) atoms. The SMILES string of the molecule is CCC(SP(=S)(OC)OC)C(=O)[O-].CCCC. The fourth-order valence-electron chi connectivity index (χ4n) is 0.601. The Morgan fingerprint density at radius 3 is 1.88 bits per heavy atom. The summed E-state index contributed by atoms with van der Waals surface area (Å²) >= 11 is 6.02. The number of hydrogen-bond acceptors (Lipinski definition) is 6.